The zero-order valence-electron chi connectivity index (χ0n) is 7.66. The predicted molar refractivity (Wildman–Crippen MR) is 56.5 cm³/mol. The first-order valence-corrected chi connectivity index (χ1v) is 5.23. The number of thioether (sulfide) groups is 1. The van der Waals surface area contributed by atoms with Crippen LogP contribution >= 0.6 is 11.8 Å². The minimum Gasteiger partial charge on any atom is -0.383 e. The second-order valence-electron chi connectivity index (χ2n) is 2.69. The van der Waals surface area contributed by atoms with Crippen molar-refractivity contribution in [3.63, 3.8) is 0 Å². The van der Waals surface area contributed by atoms with Gasteiger partial charge in [-0.25, -0.2) is 4.98 Å². The van der Waals surface area contributed by atoms with Crippen molar-refractivity contribution >= 4 is 23.5 Å². The molecule has 0 aromatic carbocycles. The van der Waals surface area contributed by atoms with Crippen LogP contribution in [-0.4, -0.2) is 15.7 Å². The van der Waals surface area contributed by atoms with Crippen molar-refractivity contribution in [3.05, 3.63) is 6.07 Å². The Bertz CT molecular complexity index is 257. The highest BCUT2D eigenvalue weighted by atomic mass is 32.2. The number of aromatic nitrogens is 2. The zero-order chi connectivity index (χ0) is 9.68. The van der Waals surface area contributed by atoms with E-state index in [0.717, 1.165) is 10.8 Å². The van der Waals surface area contributed by atoms with Crippen LogP contribution in [0, 0.1) is 0 Å². The summed E-state index contributed by atoms with van der Waals surface area (Å²) >= 11 is 1.66. The molecular formula is C8H14N4S. The Balaban J connectivity index is 2.56. The second kappa shape index (κ2) is 4.91. The van der Waals surface area contributed by atoms with Crippen molar-refractivity contribution in [1.29, 1.82) is 0 Å². The predicted octanol–water partition coefficient (Wildman–Crippen LogP) is 1.53. The molecule has 72 valence electrons. The Kier molecular flexibility index (Phi) is 3.82. The lowest BCUT2D eigenvalue weighted by molar-refractivity contribution is 0.894. The summed E-state index contributed by atoms with van der Waals surface area (Å²) in [5, 5.41) is 0.860. The highest BCUT2D eigenvalue weighted by molar-refractivity contribution is 7.99. The van der Waals surface area contributed by atoms with Crippen molar-refractivity contribution in [3.8, 4) is 0 Å². The van der Waals surface area contributed by atoms with Gasteiger partial charge >= 0.3 is 0 Å². The number of unbranched alkanes of at least 4 members (excludes halogenated alkanes) is 1. The van der Waals surface area contributed by atoms with E-state index >= 15 is 0 Å². The molecule has 0 bridgehead atoms. The molecule has 5 heteroatoms. The van der Waals surface area contributed by atoms with E-state index in [1.54, 1.807) is 17.8 Å². The number of hydrogen-bond donors (Lipinski definition) is 2. The molecule has 0 aliphatic rings. The van der Waals surface area contributed by atoms with Crippen molar-refractivity contribution < 1.29 is 0 Å². The first-order valence-electron chi connectivity index (χ1n) is 4.25. The van der Waals surface area contributed by atoms with Gasteiger partial charge in [0.25, 0.3) is 0 Å². The summed E-state index contributed by atoms with van der Waals surface area (Å²) < 4.78 is 0. The molecule has 0 saturated carbocycles. The topological polar surface area (TPSA) is 77.8 Å². The first kappa shape index (κ1) is 10.1. The van der Waals surface area contributed by atoms with E-state index in [9.17, 15) is 0 Å². The summed E-state index contributed by atoms with van der Waals surface area (Å²) in [6, 6.07) is 1.75. The van der Waals surface area contributed by atoms with Gasteiger partial charge in [0, 0.05) is 6.07 Å². The van der Waals surface area contributed by atoms with Crippen LogP contribution in [0.4, 0.5) is 11.8 Å². The quantitative estimate of drug-likeness (QED) is 0.436. The first-order chi connectivity index (χ1) is 6.22. The van der Waals surface area contributed by atoms with Crippen molar-refractivity contribution in [2.24, 2.45) is 0 Å². The van der Waals surface area contributed by atoms with Gasteiger partial charge in [-0.05, 0) is 12.2 Å². The fourth-order valence-electron chi connectivity index (χ4n) is 0.856. The van der Waals surface area contributed by atoms with Gasteiger partial charge in [0.2, 0.25) is 5.95 Å². The Morgan fingerprint density at radius 1 is 1.38 bits per heavy atom. The van der Waals surface area contributed by atoms with Crippen LogP contribution < -0.4 is 11.5 Å². The lowest BCUT2D eigenvalue weighted by Crippen LogP contribution is -2.00. The van der Waals surface area contributed by atoms with E-state index in [4.69, 9.17) is 11.5 Å². The Hall–Kier alpha value is -0.970. The number of rotatable bonds is 4. The van der Waals surface area contributed by atoms with Gasteiger partial charge in [-0.15, -0.1) is 11.8 Å². The van der Waals surface area contributed by atoms with Crippen LogP contribution in [0.2, 0.25) is 0 Å². The highest BCUT2D eigenvalue weighted by Gasteiger charge is 1.99. The highest BCUT2D eigenvalue weighted by Crippen LogP contribution is 2.18. The minimum atomic E-state index is 0.249. The third-order valence-corrected chi connectivity index (χ3v) is 2.49. The SMILES string of the molecule is CCCCSc1cc(N)nc(N)n1. The molecule has 0 fully saturated rings. The molecule has 0 spiro atoms. The van der Waals surface area contributed by atoms with E-state index < -0.39 is 0 Å². The number of nitrogens with zero attached hydrogens (tertiary/aromatic N) is 2. The van der Waals surface area contributed by atoms with Crippen LogP contribution in [0.1, 0.15) is 19.8 Å². The van der Waals surface area contributed by atoms with E-state index in [2.05, 4.69) is 16.9 Å². The van der Waals surface area contributed by atoms with Gasteiger partial charge in [0.15, 0.2) is 0 Å². The summed E-state index contributed by atoms with van der Waals surface area (Å²) in [6.07, 6.45) is 2.36. The van der Waals surface area contributed by atoms with Gasteiger partial charge in [-0.1, -0.05) is 13.3 Å². The molecular weight excluding hydrogens is 184 g/mol. The Labute approximate surface area is 82.1 Å². The normalized spacial score (nSPS) is 10.2. The fraction of sp³-hybridized carbons (Fsp3) is 0.500. The number of hydrogen-bond acceptors (Lipinski definition) is 5. The average Bonchev–Trinajstić information content (AvgIpc) is 2.03. The van der Waals surface area contributed by atoms with Gasteiger partial charge in [0.1, 0.15) is 10.8 Å². The van der Waals surface area contributed by atoms with Crippen molar-refractivity contribution in [2.45, 2.75) is 24.8 Å². The molecule has 0 atom stereocenters. The molecule has 4 N–H and O–H groups in total. The summed E-state index contributed by atoms with van der Waals surface area (Å²) in [5.41, 5.74) is 11.0. The molecule has 0 aliphatic carbocycles. The summed E-state index contributed by atoms with van der Waals surface area (Å²) in [4.78, 5) is 7.85. The second-order valence-corrected chi connectivity index (χ2v) is 3.81. The molecule has 0 aliphatic heterocycles. The monoisotopic (exact) mass is 198 g/mol. The minimum absolute atomic E-state index is 0.249. The van der Waals surface area contributed by atoms with E-state index in [1.807, 2.05) is 0 Å². The van der Waals surface area contributed by atoms with Crippen LogP contribution in [0.3, 0.4) is 0 Å². The summed E-state index contributed by atoms with van der Waals surface area (Å²) in [6.45, 7) is 2.16. The van der Waals surface area contributed by atoms with Gasteiger partial charge in [-0.2, -0.15) is 4.98 Å². The maximum Gasteiger partial charge on any atom is 0.223 e. The summed E-state index contributed by atoms with van der Waals surface area (Å²) in [7, 11) is 0. The van der Waals surface area contributed by atoms with Crippen LogP contribution in [0.5, 0.6) is 0 Å². The van der Waals surface area contributed by atoms with Gasteiger partial charge in [0.05, 0.1) is 0 Å². The van der Waals surface area contributed by atoms with Gasteiger partial charge in [-0.3, -0.25) is 0 Å². The lowest BCUT2D eigenvalue weighted by Gasteiger charge is -2.01. The smallest absolute Gasteiger partial charge is 0.223 e. The van der Waals surface area contributed by atoms with E-state index in [0.29, 0.717) is 5.82 Å². The maximum absolute atomic E-state index is 5.52. The lowest BCUT2D eigenvalue weighted by atomic mass is 10.4. The largest absolute Gasteiger partial charge is 0.383 e. The van der Waals surface area contributed by atoms with Crippen molar-refractivity contribution in [1.82, 2.24) is 9.97 Å². The van der Waals surface area contributed by atoms with Gasteiger partial charge < -0.3 is 11.5 Å². The standard InChI is InChI=1S/C8H14N4S/c1-2-3-4-13-7-5-6(9)11-8(10)12-7/h5H,2-4H2,1H3,(H4,9,10,11,12). The van der Waals surface area contributed by atoms with E-state index in [1.165, 1.54) is 12.8 Å². The molecule has 1 heterocycles. The molecule has 1 aromatic heterocycles. The molecule has 1 rings (SSSR count). The Morgan fingerprint density at radius 3 is 2.77 bits per heavy atom. The Morgan fingerprint density at radius 2 is 2.15 bits per heavy atom. The number of anilines is 2. The third kappa shape index (κ3) is 3.50. The van der Waals surface area contributed by atoms with Crippen LogP contribution in [-0.2, 0) is 0 Å². The molecule has 1 aromatic rings. The maximum atomic E-state index is 5.52. The molecule has 0 saturated heterocycles. The average molecular weight is 198 g/mol. The molecule has 4 nitrogen and oxygen atoms in total. The molecule has 0 radical (unpaired) electrons. The molecule has 0 unspecified atom stereocenters. The van der Waals surface area contributed by atoms with Crippen LogP contribution in [0.15, 0.2) is 11.1 Å². The van der Waals surface area contributed by atoms with E-state index in [-0.39, 0.29) is 5.95 Å². The number of nitrogens with two attached hydrogens (primary N) is 2. The fourth-order valence-corrected chi connectivity index (χ4v) is 1.86. The molecule has 0 amide bonds. The third-order valence-electron chi connectivity index (χ3n) is 1.49. The number of nitrogen functional groups attached to an aromatic ring is 2. The van der Waals surface area contributed by atoms with Crippen molar-refractivity contribution in [2.75, 3.05) is 17.2 Å². The van der Waals surface area contributed by atoms with Crippen LogP contribution in [0.25, 0.3) is 0 Å². The zero-order valence-corrected chi connectivity index (χ0v) is 8.47. The summed E-state index contributed by atoms with van der Waals surface area (Å²) in [5.74, 6) is 1.73. The molecule has 13 heavy (non-hydrogen) atoms.